The van der Waals surface area contributed by atoms with Crippen molar-refractivity contribution < 1.29 is 5.11 Å². The topological polar surface area (TPSA) is 83.0 Å². The number of nitrogens with one attached hydrogen (secondary N) is 2. The maximum atomic E-state index is 9.64. The summed E-state index contributed by atoms with van der Waals surface area (Å²) in [5.74, 6) is 1.32. The number of anilines is 2. The van der Waals surface area contributed by atoms with Gasteiger partial charge in [-0.3, -0.25) is 4.98 Å². The number of nitrogens with zero attached hydrogens (tertiary/aromatic N) is 3. The highest BCUT2D eigenvalue weighted by atomic mass is 35.5. The van der Waals surface area contributed by atoms with E-state index in [2.05, 4.69) is 25.6 Å². The van der Waals surface area contributed by atoms with Crippen molar-refractivity contribution in [2.45, 2.75) is 26.4 Å². The number of rotatable bonds is 8. The van der Waals surface area contributed by atoms with E-state index in [1.807, 2.05) is 62.4 Å². The average Bonchev–Trinajstić information content (AvgIpc) is 2.71. The van der Waals surface area contributed by atoms with Gasteiger partial charge in [0.25, 0.3) is 0 Å². The van der Waals surface area contributed by atoms with Gasteiger partial charge in [-0.15, -0.1) is 0 Å². The second kappa shape index (κ2) is 9.48. The van der Waals surface area contributed by atoms with E-state index in [0.717, 1.165) is 11.3 Å². The first-order chi connectivity index (χ1) is 13.6. The highest BCUT2D eigenvalue weighted by molar-refractivity contribution is 6.31. The van der Waals surface area contributed by atoms with Crippen LogP contribution in [0.25, 0.3) is 11.4 Å². The highest BCUT2D eigenvalue weighted by Crippen LogP contribution is 2.22. The number of aliphatic hydroxyl groups excluding tert-OH is 1. The van der Waals surface area contributed by atoms with E-state index in [-0.39, 0.29) is 18.6 Å². The number of hydrogen-bond acceptors (Lipinski definition) is 6. The van der Waals surface area contributed by atoms with Gasteiger partial charge in [-0.2, -0.15) is 4.98 Å². The Labute approximate surface area is 170 Å². The van der Waals surface area contributed by atoms with Crippen molar-refractivity contribution in [2.75, 3.05) is 17.2 Å². The molecule has 28 heavy (non-hydrogen) atoms. The lowest BCUT2D eigenvalue weighted by Gasteiger charge is -2.20. The van der Waals surface area contributed by atoms with Crippen LogP contribution in [-0.2, 0) is 6.54 Å². The number of halogens is 1. The largest absolute Gasteiger partial charge is 0.394 e. The van der Waals surface area contributed by atoms with Crippen LogP contribution < -0.4 is 10.6 Å². The zero-order valence-electron chi connectivity index (χ0n) is 15.9. The summed E-state index contributed by atoms with van der Waals surface area (Å²) in [6.45, 7) is 4.60. The zero-order chi connectivity index (χ0) is 19.9. The molecule has 1 aromatic carbocycles. The second-order valence-corrected chi connectivity index (χ2v) is 7.21. The lowest BCUT2D eigenvalue weighted by molar-refractivity contribution is 0.248. The predicted molar refractivity (Wildman–Crippen MR) is 113 cm³/mol. The van der Waals surface area contributed by atoms with Gasteiger partial charge in [0.2, 0.25) is 5.95 Å². The van der Waals surface area contributed by atoms with Crippen LogP contribution in [0.15, 0.2) is 54.7 Å². The summed E-state index contributed by atoms with van der Waals surface area (Å²) < 4.78 is 0. The molecular formula is C21H24ClN5O. The molecule has 0 unspecified atom stereocenters. The molecule has 0 amide bonds. The minimum absolute atomic E-state index is 0.00275. The minimum Gasteiger partial charge on any atom is -0.394 e. The van der Waals surface area contributed by atoms with Crippen molar-refractivity contribution in [3.63, 3.8) is 0 Å². The lowest BCUT2D eigenvalue weighted by atomic mass is 10.1. The highest BCUT2D eigenvalue weighted by Gasteiger charge is 2.15. The third-order valence-electron chi connectivity index (χ3n) is 4.39. The Morgan fingerprint density at radius 1 is 1.04 bits per heavy atom. The fraction of sp³-hybridized carbons (Fsp3) is 0.286. The van der Waals surface area contributed by atoms with Crippen molar-refractivity contribution in [3.05, 3.63) is 65.3 Å². The number of hydrogen-bond donors (Lipinski definition) is 3. The van der Waals surface area contributed by atoms with E-state index >= 15 is 0 Å². The summed E-state index contributed by atoms with van der Waals surface area (Å²) in [6.07, 6.45) is 1.73. The van der Waals surface area contributed by atoms with E-state index in [0.29, 0.717) is 29.0 Å². The molecule has 0 aliphatic carbocycles. The molecule has 0 aliphatic rings. The van der Waals surface area contributed by atoms with E-state index < -0.39 is 0 Å². The summed E-state index contributed by atoms with van der Waals surface area (Å²) in [5, 5.41) is 16.9. The fourth-order valence-corrected chi connectivity index (χ4v) is 2.87. The van der Waals surface area contributed by atoms with Crippen LogP contribution in [0.4, 0.5) is 11.8 Å². The third-order valence-corrected chi connectivity index (χ3v) is 4.76. The summed E-state index contributed by atoms with van der Waals surface area (Å²) in [7, 11) is 0. The first-order valence-corrected chi connectivity index (χ1v) is 9.59. The van der Waals surface area contributed by atoms with Gasteiger partial charge in [0.15, 0.2) is 0 Å². The Balaban J connectivity index is 1.89. The van der Waals surface area contributed by atoms with Crippen molar-refractivity contribution in [2.24, 2.45) is 5.92 Å². The molecule has 3 N–H and O–H groups in total. The van der Waals surface area contributed by atoms with E-state index in [1.165, 1.54) is 0 Å². The fourth-order valence-electron chi connectivity index (χ4n) is 2.66. The van der Waals surface area contributed by atoms with Crippen molar-refractivity contribution in [1.29, 1.82) is 0 Å². The van der Waals surface area contributed by atoms with Crippen LogP contribution in [0.1, 0.15) is 19.4 Å². The maximum Gasteiger partial charge on any atom is 0.225 e. The van der Waals surface area contributed by atoms with Crippen LogP contribution in [-0.4, -0.2) is 32.7 Å². The molecule has 3 aromatic rings. The first kappa shape index (κ1) is 20.0. The lowest BCUT2D eigenvalue weighted by Crippen LogP contribution is -2.30. The number of aliphatic hydroxyl groups is 1. The molecule has 0 bridgehead atoms. The molecule has 0 radical (unpaired) electrons. The molecule has 2 heterocycles. The Bertz CT molecular complexity index is 904. The average molecular weight is 398 g/mol. The molecule has 0 saturated carbocycles. The second-order valence-electron chi connectivity index (χ2n) is 6.80. The van der Waals surface area contributed by atoms with Crippen LogP contribution in [0, 0.1) is 5.92 Å². The van der Waals surface area contributed by atoms with Gasteiger partial charge in [-0.1, -0.05) is 49.7 Å². The maximum absolute atomic E-state index is 9.64. The Hall–Kier alpha value is -2.70. The SMILES string of the molecule is CC(C)[C@@H](CO)Nc1nc(NCc2ccccc2Cl)cc(-c2ccccn2)n1. The number of pyridine rings is 1. The Kier molecular flexibility index (Phi) is 6.79. The van der Waals surface area contributed by atoms with Gasteiger partial charge in [0.05, 0.1) is 24.0 Å². The van der Waals surface area contributed by atoms with Crippen molar-refractivity contribution in [3.8, 4) is 11.4 Å². The Morgan fingerprint density at radius 2 is 1.82 bits per heavy atom. The molecule has 146 valence electrons. The quantitative estimate of drug-likeness (QED) is 0.527. The third kappa shape index (κ3) is 5.18. The van der Waals surface area contributed by atoms with Crippen LogP contribution in [0.2, 0.25) is 5.02 Å². The summed E-state index contributed by atoms with van der Waals surface area (Å²) in [6, 6.07) is 15.1. The van der Waals surface area contributed by atoms with Gasteiger partial charge in [0.1, 0.15) is 5.82 Å². The molecule has 0 spiro atoms. The molecule has 0 saturated heterocycles. The van der Waals surface area contributed by atoms with E-state index in [9.17, 15) is 5.11 Å². The zero-order valence-corrected chi connectivity index (χ0v) is 16.7. The minimum atomic E-state index is -0.143. The van der Waals surface area contributed by atoms with Crippen LogP contribution in [0.5, 0.6) is 0 Å². The number of aromatic nitrogens is 3. The van der Waals surface area contributed by atoms with Gasteiger partial charge in [-0.25, -0.2) is 4.98 Å². The van der Waals surface area contributed by atoms with Crippen molar-refractivity contribution >= 4 is 23.4 Å². The Morgan fingerprint density at radius 3 is 2.50 bits per heavy atom. The molecule has 2 aromatic heterocycles. The molecule has 1 atom stereocenters. The first-order valence-electron chi connectivity index (χ1n) is 9.22. The number of benzene rings is 1. The normalized spacial score (nSPS) is 12.0. The smallest absolute Gasteiger partial charge is 0.225 e. The molecular weight excluding hydrogens is 374 g/mol. The summed E-state index contributed by atoms with van der Waals surface area (Å²) >= 11 is 6.25. The van der Waals surface area contributed by atoms with Gasteiger partial charge in [0, 0.05) is 23.8 Å². The van der Waals surface area contributed by atoms with Crippen molar-refractivity contribution in [1.82, 2.24) is 15.0 Å². The molecule has 3 rings (SSSR count). The molecule has 6 nitrogen and oxygen atoms in total. The summed E-state index contributed by atoms with van der Waals surface area (Å²) in [5.41, 5.74) is 2.42. The van der Waals surface area contributed by atoms with Crippen LogP contribution in [0.3, 0.4) is 0 Å². The van der Waals surface area contributed by atoms with Gasteiger partial charge >= 0.3 is 0 Å². The summed E-state index contributed by atoms with van der Waals surface area (Å²) in [4.78, 5) is 13.5. The van der Waals surface area contributed by atoms with Crippen LogP contribution >= 0.6 is 11.6 Å². The monoisotopic (exact) mass is 397 g/mol. The van der Waals surface area contributed by atoms with Gasteiger partial charge < -0.3 is 15.7 Å². The van der Waals surface area contributed by atoms with E-state index in [4.69, 9.17) is 11.6 Å². The molecule has 7 heteroatoms. The van der Waals surface area contributed by atoms with Gasteiger partial charge in [-0.05, 0) is 29.7 Å². The molecule has 0 fully saturated rings. The standard InChI is InChI=1S/C21H24ClN5O/c1-14(2)19(13-28)26-21-25-18(17-9-5-6-10-23-17)11-20(27-21)24-12-15-7-3-4-8-16(15)22/h3-11,14,19,28H,12-13H2,1-2H3,(H2,24,25,26,27)/t19-/m1/s1. The van der Waals surface area contributed by atoms with E-state index in [1.54, 1.807) is 6.20 Å². The predicted octanol–water partition coefficient (Wildman–Crippen LogP) is 4.23. The molecule has 0 aliphatic heterocycles.